The fourth-order valence-electron chi connectivity index (χ4n) is 2.50. The van der Waals surface area contributed by atoms with Crippen LogP contribution in [0, 0.1) is 12.8 Å². The molecule has 2 rings (SSSR count). The second kappa shape index (κ2) is 9.88. The number of hydrogen-bond acceptors (Lipinski definition) is 3. The molecule has 0 atom stereocenters. The summed E-state index contributed by atoms with van der Waals surface area (Å²) in [7, 11) is 0. The number of hydrazone groups is 1. The van der Waals surface area contributed by atoms with Crippen molar-refractivity contribution in [2.45, 2.75) is 33.6 Å². The van der Waals surface area contributed by atoms with Crippen LogP contribution in [-0.4, -0.2) is 17.5 Å². The van der Waals surface area contributed by atoms with Crippen LogP contribution in [0.4, 0.5) is 5.69 Å². The highest BCUT2D eigenvalue weighted by Crippen LogP contribution is 2.23. The zero-order chi connectivity index (χ0) is 19.8. The number of halogens is 1. The van der Waals surface area contributed by atoms with Gasteiger partial charge in [0, 0.05) is 23.6 Å². The van der Waals surface area contributed by atoms with Crippen molar-refractivity contribution in [1.82, 2.24) is 5.43 Å². The number of carbonyl (C=O) groups excluding carboxylic acids is 2. The summed E-state index contributed by atoms with van der Waals surface area (Å²) in [5.41, 5.74) is 5.75. The fourth-order valence-corrected chi connectivity index (χ4v) is 2.67. The van der Waals surface area contributed by atoms with E-state index in [1.807, 2.05) is 51.1 Å². The third-order valence-electron chi connectivity index (χ3n) is 4.04. The summed E-state index contributed by atoms with van der Waals surface area (Å²) in [6.07, 6.45) is 0.116. The Morgan fingerprint density at radius 3 is 2.33 bits per heavy atom. The SMILES string of the molecule is Cc1c(Cl)cccc1NC(=O)CCC(=O)NN=C(c1ccccc1)C(C)C. The quantitative estimate of drug-likeness (QED) is 0.542. The Balaban J connectivity index is 1.89. The van der Waals surface area contributed by atoms with E-state index in [1.54, 1.807) is 18.2 Å². The van der Waals surface area contributed by atoms with Crippen molar-refractivity contribution < 1.29 is 9.59 Å². The first kappa shape index (κ1) is 20.6. The van der Waals surface area contributed by atoms with Gasteiger partial charge in [0.1, 0.15) is 0 Å². The molecule has 2 aromatic rings. The second-order valence-corrected chi connectivity index (χ2v) is 6.92. The molecule has 0 spiro atoms. The predicted octanol–water partition coefficient (Wildman–Crippen LogP) is 4.54. The van der Waals surface area contributed by atoms with Crippen molar-refractivity contribution >= 4 is 34.8 Å². The Morgan fingerprint density at radius 2 is 1.67 bits per heavy atom. The summed E-state index contributed by atoms with van der Waals surface area (Å²) in [5, 5.41) is 7.61. The molecular weight excluding hydrogens is 362 g/mol. The molecule has 0 radical (unpaired) electrons. The highest BCUT2D eigenvalue weighted by molar-refractivity contribution is 6.31. The van der Waals surface area contributed by atoms with Gasteiger partial charge in [0.15, 0.2) is 0 Å². The van der Waals surface area contributed by atoms with Crippen LogP contribution in [-0.2, 0) is 9.59 Å². The summed E-state index contributed by atoms with van der Waals surface area (Å²) < 4.78 is 0. The van der Waals surface area contributed by atoms with Gasteiger partial charge in [-0.1, -0.05) is 61.8 Å². The lowest BCUT2D eigenvalue weighted by Crippen LogP contribution is -2.23. The van der Waals surface area contributed by atoms with Crippen molar-refractivity contribution in [3.63, 3.8) is 0 Å². The largest absolute Gasteiger partial charge is 0.326 e. The van der Waals surface area contributed by atoms with Crippen LogP contribution >= 0.6 is 11.6 Å². The van der Waals surface area contributed by atoms with Gasteiger partial charge in [-0.2, -0.15) is 5.10 Å². The van der Waals surface area contributed by atoms with E-state index in [0.29, 0.717) is 10.7 Å². The lowest BCUT2D eigenvalue weighted by atomic mass is 10.0. The minimum Gasteiger partial charge on any atom is -0.326 e. The standard InChI is InChI=1S/C21H24ClN3O2/c1-14(2)21(16-8-5-4-6-9-16)25-24-20(27)13-12-19(26)23-18-11-7-10-17(22)15(18)3/h4-11,14H,12-13H2,1-3H3,(H,23,26)(H,24,27). The molecule has 0 aromatic heterocycles. The third kappa shape index (κ3) is 6.22. The number of amides is 2. The molecule has 0 saturated carbocycles. The van der Waals surface area contributed by atoms with Crippen molar-refractivity contribution in [3.8, 4) is 0 Å². The summed E-state index contributed by atoms with van der Waals surface area (Å²) in [6, 6.07) is 15.0. The van der Waals surface area contributed by atoms with Gasteiger partial charge in [-0.3, -0.25) is 9.59 Å². The highest BCUT2D eigenvalue weighted by Gasteiger charge is 2.11. The Hall–Kier alpha value is -2.66. The number of nitrogens with one attached hydrogen (secondary N) is 2. The first-order valence-electron chi connectivity index (χ1n) is 8.85. The summed E-state index contributed by atoms with van der Waals surface area (Å²) in [6.45, 7) is 5.86. The molecule has 27 heavy (non-hydrogen) atoms. The number of hydrogen-bond donors (Lipinski definition) is 2. The van der Waals surface area contributed by atoms with Gasteiger partial charge >= 0.3 is 0 Å². The summed E-state index contributed by atoms with van der Waals surface area (Å²) in [5.74, 6) is -0.393. The maximum Gasteiger partial charge on any atom is 0.240 e. The highest BCUT2D eigenvalue weighted by atomic mass is 35.5. The van der Waals surface area contributed by atoms with Crippen molar-refractivity contribution in [2.24, 2.45) is 11.0 Å². The van der Waals surface area contributed by atoms with E-state index in [1.165, 1.54) is 0 Å². The average Bonchev–Trinajstić information content (AvgIpc) is 2.64. The zero-order valence-corrected chi connectivity index (χ0v) is 16.5. The van der Waals surface area contributed by atoms with Crippen LogP contribution in [0.15, 0.2) is 53.6 Å². The molecule has 0 aliphatic rings. The van der Waals surface area contributed by atoms with E-state index in [0.717, 1.165) is 16.8 Å². The van der Waals surface area contributed by atoms with Gasteiger partial charge in [-0.15, -0.1) is 0 Å². The molecule has 2 amide bonds. The molecule has 2 aromatic carbocycles. The first-order valence-corrected chi connectivity index (χ1v) is 9.23. The normalized spacial score (nSPS) is 11.4. The number of nitrogens with zero attached hydrogens (tertiary/aromatic N) is 1. The molecule has 0 bridgehead atoms. The minimum atomic E-state index is -0.304. The minimum absolute atomic E-state index is 0.0507. The van der Waals surface area contributed by atoms with Gasteiger partial charge in [-0.05, 0) is 36.1 Å². The molecule has 5 nitrogen and oxygen atoms in total. The Morgan fingerprint density at radius 1 is 1.00 bits per heavy atom. The van der Waals surface area contributed by atoms with E-state index in [4.69, 9.17) is 11.6 Å². The zero-order valence-electron chi connectivity index (χ0n) is 15.8. The number of anilines is 1. The van der Waals surface area contributed by atoms with Crippen LogP contribution in [0.5, 0.6) is 0 Å². The predicted molar refractivity (Wildman–Crippen MR) is 110 cm³/mol. The maximum absolute atomic E-state index is 12.1. The van der Waals surface area contributed by atoms with Crippen molar-refractivity contribution in [1.29, 1.82) is 0 Å². The molecule has 0 aliphatic carbocycles. The fraction of sp³-hybridized carbons (Fsp3) is 0.286. The molecular formula is C21H24ClN3O2. The Kier molecular flexibility index (Phi) is 7.55. The number of rotatable bonds is 7. The first-order chi connectivity index (χ1) is 12.9. The van der Waals surface area contributed by atoms with Gasteiger partial charge in [0.2, 0.25) is 11.8 Å². The van der Waals surface area contributed by atoms with Crippen LogP contribution in [0.2, 0.25) is 5.02 Å². The van der Waals surface area contributed by atoms with Gasteiger partial charge in [0.25, 0.3) is 0 Å². The van der Waals surface area contributed by atoms with Crippen LogP contribution in [0.1, 0.15) is 37.8 Å². The smallest absolute Gasteiger partial charge is 0.240 e. The summed E-state index contributed by atoms with van der Waals surface area (Å²) in [4.78, 5) is 24.1. The molecule has 2 N–H and O–H groups in total. The van der Waals surface area contributed by atoms with E-state index < -0.39 is 0 Å². The van der Waals surface area contributed by atoms with Crippen molar-refractivity contribution in [3.05, 3.63) is 64.7 Å². The second-order valence-electron chi connectivity index (χ2n) is 6.51. The monoisotopic (exact) mass is 385 g/mol. The Bertz CT molecular complexity index is 833. The Labute approximate surface area is 164 Å². The van der Waals surface area contributed by atoms with Crippen LogP contribution in [0.25, 0.3) is 0 Å². The van der Waals surface area contributed by atoms with Crippen LogP contribution in [0.3, 0.4) is 0 Å². The van der Waals surface area contributed by atoms with E-state index in [2.05, 4.69) is 15.8 Å². The lowest BCUT2D eigenvalue weighted by molar-refractivity contribution is -0.124. The molecule has 0 heterocycles. The molecule has 0 fully saturated rings. The molecule has 0 unspecified atom stereocenters. The average molecular weight is 386 g/mol. The lowest BCUT2D eigenvalue weighted by Gasteiger charge is -2.11. The van der Waals surface area contributed by atoms with E-state index in [-0.39, 0.29) is 30.6 Å². The van der Waals surface area contributed by atoms with E-state index >= 15 is 0 Å². The van der Waals surface area contributed by atoms with Crippen molar-refractivity contribution in [2.75, 3.05) is 5.32 Å². The molecule has 0 saturated heterocycles. The number of carbonyl (C=O) groups is 2. The number of benzene rings is 2. The van der Waals surface area contributed by atoms with Gasteiger partial charge in [0.05, 0.1) is 5.71 Å². The van der Waals surface area contributed by atoms with Gasteiger partial charge < -0.3 is 5.32 Å². The molecule has 0 aliphatic heterocycles. The summed E-state index contributed by atoms with van der Waals surface area (Å²) >= 11 is 6.04. The topological polar surface area (TPSA) is 70.6 Å². The van der Waals surface area contributed by atoms with E-state index in [9.17, 15) is 9.59 Å². The maximum atomic E-state index is 12.1. The van der Waals surface area contributed by atoms with Gasteiger partial charge in [-0.25, -0.2) is 5.43 Å². The molecule has 6 heteroatoms. The molecule has 142 valence electrons. The van der Waals surface area contributed by atoms with Crippen LogP contribution < -0.4 is 10.7 Å². The third-order valence-corrected chi connectivity index (χ3v) is 4.45.